The van der Waals surface area contributed by atoms with Crippen LogP contribution in [0.3, 0.4) is 0 Å². The first-order chi connectivity index (χ1) is 8.68. The van der Waals surface area contributed by atoms with E-state index in [1.165, 1.54) is 0 Å². The van der Waals surface area contributed by atoms with Gasteiger partial charge in [-0.2, -0.15) is 0 Å². The van der Waals surface area contributed by atoms with E-state index in [4.69, 9.17) is 9.15 Å². The molecule has 0 aromatic carbocycles. The van der Waals surface area contributed by atoms with Crippen molar-refractivity contribution >= 4 is 5.91 Å². The standard InChI is InChI=1S/C14H21NO3/c1-11(2)12(13-4-3-7-18-13)10-14(16)15-5-8-17-9-6-15/h3-4,7,11-12H,5-6,8-10H2,1-2H3/t12-/m0/s1. The first kappa shape index (κ1) is 13.1. The number of hydrogen-bond acceptors (Lipinski definition) is 3. The van der Waals surface area contributed by atoms with Crippen molar-refractivity contribution in [2.75, 3.05) is 26.3 Å². The van der Waals surface area contributed by atoms with Crippen LogP contribution < -0.4 is 0 Å². The Morgan fingerprint density at radius 1 is 1.39 bits per heavy atom. The third-order valence-corrected chi connectivity index (χ3v) is 3.47. The van der Waals surface area contributed by atoms with Crippen molar-refractivity contribution in [1.82, 2.24) is 4.90 Å². The van der Waals surface area contributed by atoms with Gasteiger partial charge in [0.1, 0.15) is 5.76 Å². The molecule has 1 atom stereocenters. The van der Waals surface area contributed by atoms with Crippen LogP contribution in [0.2, 0.25) is 0 Å². The van der Waals surface area contributed by atoms with Gasteiger partial charge < -0.3 is 14.1 Å². The second-order valence-electron chi connectivity index (χ2n) is 5.06. The van der Waals surface area contributed by atoms with Crippen molar-refractivity contribution in [3.63, 3.8) is 0 Å². The molecule has 0 unspecified atom stereocenters. The summed E-state index contributed by atoms with van der Waals surface area (Å²) in [7, 11) is 0. The van der Waals surface area contributed by atoms with Crippen molar-refractivity contribution in [3.05, 3.63) is 24.2 Å². The van der Waals surface area contributed by atoms with Crippen LogP contribution in [-0.2, 0) is 9.53 Å². The maximum absolute atomic E-state index is 12.2. The van der Waals surface area contributed by atoms with Gasteiger partial charge in [-0.15, -0.1) is 0 Å². The molecule has 2 heterocycles. The second kappa shape index (κ2) is 6.05. The van der Waals surface area contributed by atoms with E-state index < -0.39 is 0 Å². The Balaban J connectivity index is 1.98. The topological polar surface area (TPSA) is 42.7 Å². The van der Waals surface area contributed by atoms with Gasteiger partial charge in [0, 0.05) is 25.4 Å². The fourth-order valence-corrected chi connectivity index (χ4v) is 2.30. The molecule has 1 aliphatic heterocycles. The van der Waals surface area contributed by atoms with E-state index in [0.29, 0.717) is 38.6 Å². The third-order valence-electron chi connectivity index (χ3n) is 3.47. The highest BCUT2D eigenvalue weighted by Gasteiger charge is 2.25. The molecule has 4 heteroatoms. The molecule has 0 radical (unpaired) electrons. The zero-order valence-electron chi connectivity index (χ0n) is 11.1. The maximum Gasteiger partial charge on any atom is 0.223 e. The molecule has 1 aliphatic rings. The van der Waals surface area contributed by atoms with E-state index in [9.17, 15) is 4.79 Å². The van der Waals surface area contributed by atoms with Crippen molar-refractivity contribution in [1.29, 1.82) is 0 Å². The average Bonchev–Trinajstić information content (AvgIpc) is 2.90. The summed E-state index contributed by atoms with van der Waals surface area (Å²) in [5.41, 5.74) is 0. The van der Waals surface area contributed by atoms with E-state index in [-0.39, 0.29) is 11.8 Å². The molecule has 1 fully saturated rings. The van der Waals surface area contributed by atoms with Gasteiger partial charge in [0.25, 0.3) is 0 Å². The summed E-state index contributed by atoms with van der Waals surface area (Å²) in [6, 6.07) is 3.83. The number of furan rings is 1. The highest BCUT2D eigenvalue weighted by molar-refractivity contribution is 5.77. The van der Waals surface area contributed by atoms with E-state index in [1.54, 1.807) is 6.26 Å². The number of nitrogens with zero attached hydrogens (tertiary/aromatic N) is 1. The van der Waals surface area contributed by atoms with Gasteiger partial charge in [-0.25, -0.2) is 0 Å². The minimum Gasteiger partial charge on any atom is -0.469 e. The average molecular weight is 251 g/mol. The summed E-state index contributed by atoms with van der Waals surface area (Å²) in [5.74, 6) is 1.66. The highest BCUT2D eigenvalue weighted by atomic mass is 16.5. The molecule has 0 bridgehead atoms. The van der Waals surface area contributed by atoms with Crippen molar-refractivity contribution in [3.8, 4) is 0 Å². The number of carbonyl (C=O) groups excluding carboxylic acids is 1. The third kappa shape index (κ3) is 3.13. The Bertz CT molecular complexity index is 366. The number of hydrogen-bond donors (Lipinski definition) is 0. The van der Waals surface area contributed by atoms with Crippen LogP contribution in [0.15, 0.2) is 22.8 Å². The lowest BCUT2D eigenvalue weighted by molar-refractivity contribution is -0.136. The Morgan fingerprint density at radius 3 is 2.67 bits per heavy atom. The smallest absolute Gasteiger partial charge is 0.223 e. The molecule has 0 aliphatic carbocycles. The summed E-state index contributed by atoms with van der Waals surface area (Å²) in [6.07, 6.45) is 2.19. The van der Waals surface area contributed by atoms with Crippen LogP contribution in [0.5, 0.6) is 0 Å². The van der Waals surface area contributed by atoms with Crippen molar-refractivity contribution < 1.29 is 13.9 Å². The quantitative estimate of drug-likeness (QED) is 0.824. The maximum atomic E-state index is 12.2. The minimum atomic E-state index is 0.162. The first-order valence-electron chi connectivity index (χ1n) is 6.57. The van der Waals surface area contributed by atoms with Gasteiger partial charge >= 0.3 is 0 Å². The van der Waals surface area contributed by atoms with E-state index in [1.807, 2.05) is 17.0 Å². The van der Waals surface area contributed by atoms with Gasteiger partial charge in [-0.1, -0.05) is 13.8 Å². The van der Waals surface area contributed by atoms with E-state index in [2.05, 4.69) is 13.8 Å². The lowest BCUT2D eigenvalue weighted by Crippen LogP contribution is -2.41. The zero-order valence-corrected chi connectivity index (χ0v) is 11.1. The zero-order chi connectivity index (χ0) is 13.0. The van der Waals surface area contributed by atoms with Gasteiger partial charge in [-0.05, 0) is 18.1 Å². The molecule has 2 rings (SSSR count). The van der Waals surface area contributed by atoms with Gasteiger partial charge in [-0.3, -0.25) is 4.79 Å². The van der Waals surface area contributed by atoms with Crippen molar-refractivity contribution in [2.45, 2.75) is 26.2 Å². The summed E-state index contributed by atoms with van der Waals surface area (Å²) >= 11 is 0. The van der Waals surface area contributed by atoms with E-state index in [0.717, 1.165) is 5.76 Å². The number of rotatable bonds is 4. The molecule has 1 saturated heterocycles. The number of amides is 1. The molecule has 100 valence electrons. The predicted octanol–water partition coefficient (Wildman–Crippen LogP) is 2.27. The lowest BCUT2D eigenvalue weighted by atomic mass is 9.89. The van der Waals surface area contributed by atoms with Crippen LogP contribution >= 0.6 is 0 Å². The Morgan fingerprint density at radius 2 is 2.11 bits per heavy atom. The van der Waals surface area contributed by atoms with Gasteiger partial charge in [0.15, 0.2) is 0 Å². The fraction of sp³-hybridized carbons (Fsp3) is 0.643. The largest absolute Gasteiger partial charge is 0.469 e. The summed E-state index contributed by atoms with van der Waals surface area (Å²) in [6.45, 7) is 6.97. The molecule has 0 saturated carbocycles. The number of morpholine rings is 1. The Labute approximate surface area is 108 Å². The lowest BCUT2D eigenvalue weighted by Gasteiger charge is -2.29. The van der Waals surface area contributed by atoms with E-state index >= 15 is 0 Å². The van der Waals surface area contributed by atoms with Crippen LogP contribution in [0.1, 0.15) is 31.9 Å². The molecule has 1 amide bonds. The molecular formula is C14H21NO3. The molecule has 1 aromatic heterocycles. The summed E-state index contributed by atoms with van der Waals surface area (Å²) in [5, 5.41) is 0. The first-order valence-corrected chi connectivity index (χ1v) is 6.57. The van der Waals surface area contributed by atoms with Crippen LogP contribution in [0.4, 0.5) is 0 Å². The summed E-state index contributed by atoms with van der Waals surface area (Å²) in [4.78, 5) is 14.1. The molecule has 0 N–H and O–H groups in total. The molecule has 18 heavy (non-hydrogen) atoms. The Kier molecular flexibility index (Phi) is 4.42. The fourth-order valence-electron chi connectivity index (χ4n) is 2.30. The minimum absolute atomic E-state index is 0.162. The highest BCUT2D eigenvalue weighted by Crippen LogP contribution is 2.29. The monoisotopic (exact) mass is 251 g/mol. The molecular weight excluding hydrogens is 230 g/mol. The van der Waals surface area contributed by atoms with Crippen LogP contribution in [-0.4, -0.2) is 37.1 Å². The van der Waals surface area contributed by atoms with Crippen LogP contribution in [0, 0.1) is 5.92 Å². The van der Waals surface area contributed by atoms with Gasteiger partial charge in [0.2, 0.25) is 5.91 Å². The second-order valence-corrected chi connectivity index (χ2v) is 5.06. The molecule has 0 spiro atoms. The van der Waals surface area contributed by atoms with Gasteiger partial charge in [0.05, 0.1) is 19.5 Å². The van der Waals surface area contributed by atoms with Crippen LogP contribution in [0.25, 0.3) is 0 Å². The SMILES string of the molecule is CC(C)[C@H](CC(=O)N1CCOCC1)c1ccco1. The Hall–Kier alpha value is -1.29. The molecule has 1 aromatic rings. The van der Waals surface area contributed by atoms with Crippen molar-refractivity contribution in [2.24, 2.45) is 5.92 Å². The normalized spacial score (nSPS) is 18.1. The number of carbonyl (C=O) groups is 1. The summed E-state index contributed by atoms with van der Waals surface area (Å²) < 4.78 is 10.7. The molecule has 4 nitrogen and oxygen atoms in total. The predicted molar refractivity (Wildman–Crippen MR) is 68.3 cm³/mol. The number of ether oxygens (including phenoxy) is 1.